The molecule has 0 unspecified atom stereocenters. The third-order valence-corrected chi connectivity index (χ3v) is 3.85. The van der Waals surface area contributed by atoms with Gasteiger partial charge in [-0.05, 0) is 47.5 Å². The van der Waals surface area contributed by atoms with E-state index in [1.165, 1.54) is 12.3 Å². The van der Waals surface area contributed by atoms with Crippen molar-refractivity contribution in [2.45, 2.75) is 0 Å². The molecule has 2 heterocycles. The molecule has 0 saturated carbocycles. The fourth-order valence-electron chi connectivity index (χ4n) is 2.54. The number of hydrazone groups is 1. The highest BCUT2D eigenvalue weighted by atomic mass is 16.7. The van der Waals surface area contributed by atoms with Crippen LogP contribution in [0.1, 0.15) is 11.1 Å². The van der Waals surface area contributed by atoms with Crippen LogP contribution < -0.4 is 24.4 Å². The second-order valence-corrected chi connectivity index (χ2v) is 5.59. The van der Waals surface area contributed by atoms with Crippen molar-refractivity contribution in [3.63, 3.8) is 0 Å². The van der Waals surface area contributed by atoms with E-state index < -0.39 is 5.91 Å². The molecule has 8 heteroatoms. The maximum Gasteiger partial charge on any atom is 0.282 e. The zero-order chi connectivity index (χ0) is 18.6. The minimum Gasteiger partial charge on any atom is -0.454 e. The first kappa shape index (κ1) is 16.5. The van der Waals surface area contributed by atoms with Crippen molar-refractivity contribution in [2.24, 2.45) is 5.10 Å². The van der Waals surface area contributed by atoms with Crippen molar-refractivity contribution < 1.29 is 23.7 Å². The lowest BCUT2D eigenvalue weighted by Gasteiger charge is -2.01. The van der Waals surface area contributed by atoms with Gasteiger partial charge in [-0.15, -0.1) is 0 Å². The van der Waals surface area contributed by atoms with Gasteiger partial charge >= 0.3 is 0 Å². The molecule has 1 amide bonds. The lowest BCUT2D eigenvalue weighted by molar-refractivity contribution is -0.117. The lowest BCUT2D eigenvalue weighted by atomic mass is 10.1. The fourth-order valence-corrected chi connectivity index (χ4v) is 2.54. The quantitative estimate of drug-likeness (QED) is 0.387. The van der Waals surface area contributed by atoms with E-state index in [0.717, 1.165) is 5.56 Å². The van der Waals surface area contributed by atoms with Gasteiger partial charge in [-0.3, -0.25) is 4.79 Å². The molecule has 0 bridgehead atoms. The van der Waals surface area contributed by atoms with Gasteiger partial charge in [0.05, 0.1) is 6.21 Å². The molecule has 0 fully saturated rings. The third kappa shape index (κ3) is 3.52. The first-order valence-corrected chi connectivity index (χ1v) is 7.97. The summed E-state index contributed by atoms with van der Waals surface area (Å²) in [4.78, 5) is 12.2. The zero-order valence-corrected chi connectivity index (χ0v) is 14.0. The molecule has 27 heavy (non-hydrogen) atoms. The van der Waals surface area contributed by atoms with Gasteiger partial charge in [0.15, 0.2) is 23.0 Å². The highest BCUT2D eigenvalue weighted by Crippen LogP contribution is 2.33. The number of hydrogen-bond acceptors (Lipinski definition) is 7. The molecule has 0 aromatic heterocycles. The van der Waals surface area contributed by atoms with E-state index >= 15 is 0 Å². The molecule has 0 atom stereocenters. The van der Waals surface area contributed by atoms with Crippen molar-refractivity contribution in [1.29, 1.82) is 5.26 Å². The molecular formula is C19H13N3O5. The van der Waals surface area contributed by atoms with E-state index in [2.05, 4.69) is 10.5 Å². The average molecular weight is 363 g/mol. The molecule has 0 aliphatic carbocycles. The largest absolute Gasteiger partial charge is 0.454 e. The Hall–Kier alpha value is -3.99. The van der Waals surface area contributed by atoms with Crippen LogP contribution in [-0.4, -0.2) is 25.7 Å². The van der Waals surface area contributed by atoms with Crippen molar-refractivity contribution in [1.82, 2.24) is 5.43 Å². The molecular weight excluding hydrogens is 350 g/mol. The number of rotatable bonds is 4. The highest BCUT2D eigenvalue weighted by Gasteiger charge is 2.15. The summed E-state index contributed by atoms with van der Waals surface area (Å²) < 4.78 is 21.0. The summed E-state index contributed by atoms with van der Waals surface area (Å²) in [5.41, 5.74) is 3.61. The van der Waals surface area contributed by atoms with Crippen LogP contribution in [0.2, 0.25) is 0 Å². The molecule has 0 radical (unpaired) electrons. The standard InChI is InChI=1S/C19H13N3O5/c20-8-14(5-12-1-3-15-17(6-12)26-10-24-15)19(23)22-21-9-13-2-4-16-18(7-13)27-11-25-16/h1-7,9H,10-11H2,(H,22,23)/b14-5+,21-9+. The number of nitrogens with one attached hydrogen (secondary N) is 1. The second-order valence-electron chi connectivity index (χ2n) is 5.59. The van der Waals surface area contributed by atoms with Crippen LogP contribution >= 0.6 is 0 Å². The molecule has 1 N–H and O–H groups in total. The summed E-state index contributed by atoms with van der Waals surface area (Å²) in [5.74, 6) is 1.86. The van der Waals surface area contributed by atoms with Gasteiger partial charge in [-0.1, -0.05) is 6.07 Å². The number of carbonyl (C=O) groups is 1. The Morgan fingerprint density at radius 2 is 1.56 bits per heavy atom. The van der Waals surface area contributed by atoms with Gasteiger partial charge in [0.25, 0.3) is 5.91 Å². The Kier molecular flexibility index (Phi) is 4.33. The minimum absolute atomic E-state index is 0.0864. The summed E-state index contributed by atoms with van der Waals surface area (Å²) in [6, 6.07) is 12.3. The normalized spacial score (nSPS) is 14.3. The SMILES string of the molecule is N#C/C(=C\c1ccc2c(c1)OCO2)C(=O)N/N=C/c1ccc2c(c1)OCO2. The summed E-state index contributed by atoms with van der Waals surface area (Å²) in [6.07, 6.45) is 2.91. The molecule has 2 aliphatic heterocycles. The van der Waals surface area contributed by atoms with Crippen LogP contribution in [0.15, 0.2) is 47.1 Å². The number of nitrogens with zero attached hydrogens (tertiary/aromatic N) is 2. The van der Waals surface area contributed by atoms with Crippen LogP contribution in [0.3, 0.4) is 0 Å². The summed E-state index contributed by atoms with van der Waals surface area (Å²) >= 11 is 0. The number of fused-ring (bicyclic) bond motifs is 2. The van der Waals surface area contributed by atoms with E-state index in [1.807, 2.05) is 6.07 Å². The summed E-state index contributed by atoms with van der Waals surface area (Å²) in [7, 11) is 0. The topological polar surface area (TPSA) is 102 Å². The van der Waals surface area contributed by atoms with Gasteiger partial charge < -0.3 is 18.9 Å². The average Bonchev–Trinajstić information content (AvgIpc) is 3.34. The van der Waals surface area contributed by atoms with Crippen LogP contribution in [0.5, 0.6) is 23.0 Å². The van der Waals surface area contributed by atoms with E-state index in [1.54, 1.807) is 36.4 Å². The summed E-state index contributed by atoms with van der Waals surface area (Å²) in [5, 5.41) is 13.1. The predicted octanol–water partition coefficient (Wildman–Crippen LogP) is 2.20. The monoisotopic (exact) mass is 363 g/mol. The Morgan fingerprint density at radius 3 is 2.22 bits per heavy atom. The van der Waals surface area contributed by atoms with Crippen LogP contribution in [0.4, 0.5) is 0 Å². The molecule has 0 saturated heterocycles. The van der Waals surface area contributed by atoms with E-state index in [-0.39, 0.29) is 19.2 Å². The van der Waals surface area contributed by atoms with E-state index in [9.17, 15) is 10.1 Å². The zero-order valence-electron chi connectivity index (χ0n) is 14.0. The molecule has 4 rings (SSSR count). The van der Waals surface area contributed by atoms with Gasteiger partial charge in [-0.25, -0.2) is 5.43 Å². The summed E-state index contributed by atoms with van der Waals surface area (Å²) in [6.45, 7) is 0.339. The maximum atomic E-state index is 12.2. The van der Waals surface area contributed by atoms with Crippen LogP contribution in [-0.2, 0) is 4.79 Å². The Labute approximate surface area is 154 Å². The first-order valence-electron chi connectivity index (χ1n) is 7.97. The predicted molar refractivity (Wildman–Crippen MR) is 94.5 cm³/mol. The van der Waals surface area contributed by atoms with Crippen molar-refractivity contribution >= 4 is 18.2 Å². The van der Waals surface area contributed by atoms with Gasteiger partial charge in [-0.2, -0.15) is 10.4 Å². The molecule has 0 spiro atoms. The van der Waals surface area contributed by atoms with Crippen molar-refractivity contribution in [3.8, 4) is 29.1 Å². The van der Waals surface area contributed by atoms with E-state index in [4.69, 9.17) is 18.9 Å². The number of hydrogen-bond donors (Lipinski definition) is 1. The fraction of sp³-hybridized carbons (Fsp3) is 0.105. The lowest BCUT2D eigenvalue weighted by Crippen LogP contribution is -2.19. The van der Waals surface area contributed by atoms with Crippen molar-refractivity contribution in [2.75, 3.05) is 13.6 Å². The second kappa shape index (κ2) is 7.09. The number of benzene rings is 2. The molecule has 8 nitrogen and oxygen atoms in total. The van der Waals surface area contributed by atoms with Crippen LogP contribution in [0, 0.1) is 11.3 Å². The molecule has 134 valence electrons. The van der Waals surface area contributed by atoms with Crippen LogP contribution in [0.25, 0.3) is 6.08 Å². The smallest absolute Gasteiger partial charge is 0.282 e. The number of carbonyl (C=O) groups excluding carboxylic acids is 1. The highest BCUT2D eigenvalue weighted by molar-refractivity contribution is 6.02. The van der Waals surface area contributed by atoms with E-state index in [0.29, 0.717) is 28.6 Å². The maximum absolute atomic E-state index is 12.2. The number of nitriles is 1. The Bertz CT molecular complexity index is 1010. The number of ether oxygens (including phenoxy) is 4. The van der Waals surface area contributed by atoms with Gasteiger partial charge in [0, 0.05) is 0 Å². The minimum atomic E-state index is -0.618. The van der Waals surface area contributed by atoms with Gasteiger partial charge in [0.1, 0.15) is 11.6 Å². The first-order chi connectivity index (χ1) is 13.2. The number of amides is 1. The van der Waals surface area contributed by atoms with Crippen molar-refractivity contribution in [3.05, 3.63) is 53.1 Å². The van der Waals surface area contributed by atoms with Gasteiger partial charge in [0.2, 0.25) is 13.6 Å². The molecule has 2 aromatic carbocycles. The Morgan fingerprint density at radius 1 is 0.963 bits per heavy atom. The molecule has 2 aromatic rings. The molecule has 2 aliphatic rings. The third-order valence-electron chi connectivity index (χ3n) is 3.85. The Balaban J connectivity index is 1.44.